The Balaban J connectivity index is 1.66. The molecule has 1 aliphatic heterocycles. The fourth-order valence-electron chi connectivity index (χ4n) is 2.74. The van der Waals surface area contributed by atoms with Gasteiger partial charge in [0.05, 0.1) is 5.60 Å². The normalized spacial score (nSPS) is 18.0. The molecule has 122 valence electrons. The molecule has 0 radical (unpaired) electrons. The molecular formula is C17H18Cl2N2OS. The molecule has 1 aliphatic rings. The number of nitrogen functional groups attached to an aromatic ring is 1. The molecule has 0 spiro atoms. The maximum Gasteiger partial charge on any atom is 0.0922 e. The van der Waals surface area contributed by atoms with Crippen molar-refractivity contribution in [3.63, 3.8) is 0 Å². The van der Waals surface area contributed by atoms with Gasteiger partial charge in [0.2, 0.25) is 0 Å². The van der Waals surface area contributed by atoms with Crippen LogP contribution in [0, 0.1) is 0 Å². The van der Waals surface area contributed by atoms with Gasteiger partial charge >= 0.3 is 0 Å². The number of anilines is 1. The lowest BCUT2D eigenvalue weighted by Crippen LogP contribution is -2.39. The second kappa shape index (κ2) is 6.91. The van der Waals surface area contributed by atoms with E-state index < -0.39 is 5.60 Å². The standard InChI is InChI=1S/C17H18Cl2N2OS/c18-13-9-12(10-14(19)11-13)17(22)5-7-21(8-6-17)23-16-3-1-15(20)2-4-16/h1-4,9-11,22H,5-8,20H2. The molecule has 0 unspecified atom stereocenters. The SMILES string of the molecule is Nc1ccc(SN2CCC(O)(c3cc(Cl)cc(Cl)c3)CC2)cc1. The van der Waals surface area contributed by atoms with Crippen LogP contribution in [0.4, 0.5) is 5.69 Å². The summed E-state index contributed by atoms with van der Waals surface area (Å²) in [4.78, 5) is 1.15. The molecule has 0 bridgehead atoms. The van der Waals surface area contributed by atoms with Gasteiger partial charge in [-0.25, -0.2) is 4.31 Å². The molecule has 2 aromatic carbocycles. The minimum absolute atomic E-state index is 0.555. The van der Waals surface area contributed by atoms with Gasteiger partial charge in [-0.3, -0.25) is 0 Å². The van der Waals surface area contributed by atoms with Crippen molar-refractivity contribution in [3.05, 3.63) is 58.1 Å². The van der Waals surface area contributed by atoms with Crippen LogP contribution in [0.2, 0.25) is 10.0 Å². The highest BCUT2D eigenvalue weighted by molar-refractivity contribution is 7.97. The highest BCUT2D eigenvalue weighted by Crippen LogP contribution is 2.38. The summed E-state index contributed by atoms with van der Waals surface area (Å²) in [5, 5.41) is 12.1. The zero-order valence-electron chi connectivity index (χ0n) is 12.5. The van der Waals surface area contributed by atoms with E-state index in [0.29, 0.717) is 22.9 Å². The molecule has 1 saturated heterocycles. The Morgan fingerprint density at radius 1 is 1.00 bits per heavy atom. The molecule has 23 heavy (non-hydrogen) atoms. The molecular weight excluding hydrogens is 351 g/mol. The van der Waals surface area contributed by atoms with Gasteiger partial charge in [-0.15, -0.1) is 0 Å². The molecule has 3 rings (SSSR count). The summed E-state index contributed by atoms with van der Waals surface area (Å²) in [6.07, 6.45) is 1.29. The maximum atomic E-state index is 10.9. The van der Waals surface area contributed by atoms with Gasteiger partial charge in [0.25, 0.3) is 0 Å². The number of nitrogens with two attached hydrogens (primary N) is 1. The Bertz CT molecular complexity index is 665. The number of rotatable bonds is 3. The highest BCUT2D eigenvalue weighted by Gasteiger charge is 2.34. The lowest BCUT2D eigenvalue weighted by atomic mass is 9.85. The molecule has 3 nitrogen and oxygen atoms in total. The van der Waals surface area contributed by atoms with Gasteiger partial charge in [0.1, 0.15) is 0 Å². The molecule has 6 heteroatoms. The van der Waals surface area contributed by atoms with E-state index in [2.05, 4.69) is 4.31 Å². The first-order valence-electron chi connectivity index (χ1n) is 7.42. The van der Waals surface area contributed by atoms with Crippen LogP contribution < -0.4 is 5.73 Å². The van der Waals surface area contributed by atoms with Crippen molar-refractivity contribution in [3.8, 4) is 0 Å². The highest BCUT2D eigenvalue weighted by atomic mass is 35.5. The number of hydrogen-bond donors (Lipinski definition) is 2. The van der Waals surface area contributed by atoms with Crippen molar-refractivity contribution in [2.24, 2.45) is 0 Å². The van der Waals surface area contributed by atoms with Gasteiger partial charge in [-0.1, -0.05) is 23.2 Å². The minimum atomic E-state index is -0.868. The average Bonchev–Trinajstić information content (AvgIpc) is 2.51. The first-order valence-corrected chi connectivity index (χ1v) is 8.95. The summed E-state index contributed by atoms with van der Waals surface area (Å²) in [6.45, 7) is 1.57. The molecule has 1 heterocycles. The van der Waals surface area contributed by atoms with Crippen LogP contribution in [-0.2, 0) is 5.60 Å². The van der Waals surface area contributed by atoms with Crippen LogP contribution in [0.5, 0.6) is 0 Å². The van der Waals surface area contributed by atoms with E-state index in [9.17, 15) is 5.11 Å². The van der Waals surface area contributed by atoms with Crippen LogP contribution in [0.25, 0.3) is 0 Å². The maximum absolute atomic E-state index is 10.9. The van der Waals surface area contributed by atoms with Crippen molar-refractivity contribution < 1.29 is 5.11 Å². The molecule has 0 atom stereocenters. The van der Waals surface area contributed by atoms with E-state index in [0.717, 1.165) is 29.2 Å². The summed E-state index contributed by atoms with van der Waals surface area (Å²) in [6, 6.07) is 13.1. The van der Waals surface area contributed by atoms with Gasteiger partial charge < -0.3 is 10.8 Å². The number of nitrogens with zero attached hydrogens (tertiary/aromatic N) is 1. The van der Waals surface area contributed by atoms with Gasteiger partial charge in [0.15, 0.2) is 0 Å². The third-order valence-electron chi connectivity index (χ3n) is 4.06. The Labute approximate surface area is 150 Å². The quantitative estimate of drug-likeness (QED) is 0.615. The van der Waals surface area contributed by atoms with Crippen molar-refractivity contribution in [2.45, 2.75) is 23.3 Å². The lowest BCUT2D eigenvalue weighted by molar-refractivity contribution is -0.00802. The molecule has 3 N–H and O–H groups in total. The molecule has 2 aromatic rings. The van der Waals surface area contributed by atoms with E-state index in [1.807, 2.05) is 24.3 Å². The molecule has 0 saturated carbocycles. The van der Waals surface area contributed by atoms with E-state index in [-0.39, 0.29) is 0 Å². The van der Waals surface area contributed by atoms with Gasteiger partial charge in [-0.05, 0) is 72.8 Å². The van der Waals surface area contributed by atoms with Crippen LogP contribution in [0.1, 0.15) is 18.4 Å². The Kier molecular flexibility index (Phi) is 5.09. The number of halogens is 2. The largest absolute Gasteiger partial charge is 0.399 e. The summed E-state index contributed by atoms with van der Waals surface area (Å²) in [5.41, 5.74) is 6.40. The zero-order chi connectivity index (χ0) is 16.4. The van der Waals surface area contributed by atoms with Crippen molar-refractivity contribution in [1.82, 2.24) is 4.31 Å². The predicted molar refractivity (Wildman–Crippen MR) is 97.9 cm³/mol. The van der Waals surface area contributed by atoms with Crippen LogP contribution in [0.15, 0.2) is 47.4 Å². The molecule has 0 aromatic heterocycles. The summed E-state index contributed by atoms with van der Waals surface area (Å²) < 4.78 is 2.26. The van der Waals surface area contributed by atoms with Gasteiger partial charge in [0, 0.05) is 33.7 Å². The Hall–Kier alpha value is -0.910. The van der Waals surface area contributed by atoms with Gasteiger partial charge in [-0.2, -0.15) is 0 Å². The van der Waals surface area contributed by atoms with E-state index in [4.69, 9.17) is 28.9 Å². The Morgan fingerprint density at radius 2 is 1.57 bits per heavy atom. The first-order chi connectivity index (χ1) is 10.9. The number of benzene rings is 2. The van der Waals surface area contributed by atoms with E-state index >= 15 is 0 Å². The van der Waals surface area contributed by atoms with E-state index in [1.165, 1.54) is 0 Å². The number of piperidine rings is 1. The van der Waals surface area contributed by atoms with Crippen molar-refractivity contribution in [1.29, 1.82) is 0 Å². The second-order valence-electron chi connectivity index (χ2n) is 5.78. The fraction of sp³-hybridized carbons (Fsp3) is 0.294. The summed E-state index contributed by atoms with van der Waals surface area (Å²) >= 11 is 13.8. The number of hydrogen-bond acceptors (Lipinski definition) is 4. The monoisotopic (exact) mass is 368 g/mol. The lowest BCUT2D eigenvalue weighted by Gasteiger charge is -2.38. The molecule has 0 aliphatic carbocycles. The average molecular weight is 369 g/mol. The number of aliphatic hydroxyl groups is 1. The van der Waals surface area contributed by atoms with Crippen LogP contribution in [0.3, 0.4) is 0 Å². The summed E-state index contributed by atoms with van der Waals surface area (Å²) in [7, 11) is 0. The van der Waals surface area contributed by atoms with Crippen LogP contribution in [-0.4, -0.2) is 22.5 Å². The molecule has 1 fully saturated rings. The minimum Gasteiger partial charge on any atom is -0.399 e. The smallest absolute Gasteiger partial charge is 0.0922 e. The van der Waals surface area contributed by atoms with E-state index in [1.54, 1.807) is 30.1 Å². The van der Waals surface area contributed by atoms with Crippen molar-refractivity contribution >= 4 is 40.8 Å². The summed E-state index contributed by atoms with van der Waals surface area (Å²) in [5.74, 6) is 0. The Morgan fingerprint density at radius 3 is 2.13 bits per heavy atom. The fourth-order valence-corrected chi connectivity index (χ4v) is 4.18. The third-order valence-corrected chi connectivity index (χ3v) is 5.61. The zero-order valence-corrected chi connectivity index (χ0v) is 14.8. The predicted octanol–water partition coefficient (Wildman–Crippen LogP) is 4.57. The van der Waals surface area contributed by atoms with Crippen molar-refractivity contribution in [2.75, 3.05) is 18.8 Å². The first kappa shape index (κ1) is 16.9. The van der Waals surface area contributed by atoms with Crippen LogP contribution >= 0.6 is 35.1 Å². The second-order valence-corrected chi connectivity index (χ2v) is 7.82. The topological polar surface area (TPSA) is 49.5 Å². The third kappa shape index (κ3) is 4.14. The molecule has 0 amide bonds.